The molecule has 3 aromatic rings. The molecular formula is C18H19N3. The number of fused-ring (bicyclic) bond motifs is 1. The SMILES string of the molecule is Cc1cnc(CNC(C)c2cccc3ccccc23)cn1. The molecule has 3 heteroatoms. The monoisotopic (exact) mass is 277 g/mol. The molecular weight excluding hydrogens is 258 g/mol. The molecule has 2 aromatic carbocycles. The fourth-order valence-electron chi connectivity index (χ4n) is 2.51. The van der Waals surface area contributed by atoms with E-state index in [2.05, 4.69) is 64.7 Å². The van der Waals surface area contributed by atoms with E-state index in [0.29, 0.717) is 0 Å². The lowest BCUT2D eigenvalue weighted by molar-refractivity contribution is 0.569. The summed E-state index contributed by atoms with van der Waals surface area (Å²) in [7, 11) is 0. The normalized spacial score (nSPS) is 12.5. The van der Waals surface area contributed by atoms with Crippen molar-refractivity contribution in [2.45, 2.75) is 26.4 Å². The van der Waals surface area contributed by atoms with Crippen molar-refractivity contribution in [3.05, 3.63) is 71.8 Å². The van der Waals surface area contributed by atoms with Gasteiger partial charge in [-0.25, -0.2) is 0 Å². The number of nitrogens with zero attached hydrogens (tertiary/aromatic N) is 2. The Hall–Kier alpha value is -2.26. The number of aromatic nitrogens is 2. The fraction of sp³-hybridized carbons (Fsp3) is 0.222. The molecule has 21 heavy (non-hydrogen) atoms. The van der Waals surface area contributed by atoms with Gasteiger partial charge >= 0.3 is 0 Å². The molecule has 0 aliphatic heterocycles. The maximum Gasteiger partial charge on any atom is 0.0724 e. The number of hydrogen-bond acceptors (Lipinski definition) is 3. The molecule has 3 nitrogen and oxygen atoms in total. The Labute approximate surface area is 125 Å². The van der Waals surface area contributed by atoms with Gasteiger partial charge < -0.3 is 5.32 Å². The number of benzene rings is 2. The van der Waals surface area contributed by atoms with Crippen LogP contribution in [-0.4, -0.2) is 9.97 Å². The summed E-state index contributed by atoms with van der Waals surface area (Å²) >= 11 is 0. The zero-order valence-electron chi connectivity index (χ0n) is 12.4. The van der Waals surface area contributed by atoms with Crippen LogP contribution in [-0.2, 0) is 6.54 Å². The van der Waals surface area contributed by atoms with Crippen LogP contribution in [0.3, 0.4) is 0 Å². The molecule has 0 spiro atoms. The second-order valence-corrected chi connectivity index (χ2v) is 5.32. The van der Waals surface area contributed by atoms with E-state index in [1.807, 2.05) is 13.1 Å². The molecule has 0 fully saturated rings. The van der Waals surface area contributed by atoms with Gasteiger partial charge in [-0.1, -0.05) is 42.5 Å². The summed E-state index contributed by atoms with van der Waals surface area (Å²) in [6.07, 6.45) is 3.64. The van der Waals surface area contributed by atoms with Crippen molar-refractivity contribution in [3.63, 3.8) is 0 Å². The fourth-order valence-corrected chi connectivity index (χ4v) is 2.51. The van der Waals surface area contributed by atoms with Gasteiger partial charge in [-0.15, -0.1) is 0 Å². The number of nitrogens with one attached hydrogen (secondary N) is 1. The summed E-state index contributed by atoms with van der Waals surface area (Å²) in [6.45, 7) is 4.85. The summed E-state index contributed by atoms with van der Waals surface area (Å²) in [5.74, 6) is 0. The quantitative estimate of drug-likeness (QED) is 0.788. The van der Waals surface area contributed by atoms with Crippen LogP contribution in [0.4, 0.5) is 0 Å². The Morgan fingerprint density at radius 1 is 1.00 bits per heavy atom. The van der Waals surface area contributed by atoms with Gasteiger partial charge in [0, 0.05) is 25.0 Å². The van der Waals surface area contributed by atoms with Crippen LogP contribution < -0.4 is 5.32 Å². The van der Waals surface area contributed by atoms with Gasteiger partial charge in [0.05, 0.1) is 11.4 Å². The van der Waals surface area contributed by atoms with Crippen molar-refractivity contribution in [1.82, 2.24) is 15.3 Å². The predicted octanol–water partition coefficient (Wildman–Crippen LogP) is 3.79. The standard InChI is InChI=1S/C18H19N3/c1-13-10-21-16(11-19-13)12-20-14(2)17-9-5-7-15-6-3-4-8-18(15)17/h3-11,14,20H,12H2,1-2H3. The molecule has 0 saturated heterocycles. The van der Waals surface area contributed by atoms with Gasteiger partial charge in [-0.05, 0) is 30.2 Å². The van der Waals surface area contributed by atoms with Gasteiger partial charge in [-0.2, -0.15) is 0 Å². The molecule has 0 radical (unpaired) electrons. The largest absolute Gasteiger partial charge is 0.304 e. The third-order valence-corrected chi connectivity index (χ3v) is 3.71. The molecule has 1 aromatic heterocycles. The maximum absolute atomic E-state index is 4.38. The topological polar surface area (TPSA) is 37.8 Å². The van der Waals surface area contributed by atoms with Crippen LogP contribution in [0.15, 0.2) is 54.9 Å². The highest BCUT2D eigenvalue weighted by Gasteiger charge is 2.08. The Morgan fingerprint density at radius 3 is 2.62 bits per heavy atom. The molecule has 1 unspecified atom stereocenters. The second kappa shape index (κ2) is 6.02. The Bertz CT molecular complexity index is 730. The van der Waals surface area contributed by atoms with Gasteiger partial charge in [0.2, 0.25) is 0 Å². The predicted molar refractivity (Wildman–Crippen MR) is 86.0 cm³/mol. The van der Waals surface area contributed by atoms with E-state index in [1.165, 1.54) is 16.3 Å². The Balaban J connectivity index is 1.78. The number of rotatable bonds is 4. The van der Waals surface area contributed by atoms with E-state index in [0.717, 1.165) is 17.9 Å². The highest BCUT2D eigenvalue weighted by Crippen LogP contribution is 2.24. The van der Waals surface area contributed by atoms with E-state index in [1.54, 1.807) is 6.20 Å². The van der Waals surface area contributed by atoms with Crippen molar-refractivity contribution >= 4 is 10.8 Å². The van der Waals surface area contributed by atoms with Crippen LogP contribution in [0.5, 0.6) is 0 Å². The first-order chi connectivity index (χ1) is 10.2. The Kier molecular flexibility index (Phi) is 3.93. The van der Waals surface area contributed by atoms with Crippen molar-refractivity contribution < 1.29 is 0 Å². The van der Waals surface area contributed by atoms with Gasteiger partial charge in [-0.3, -0.25) is 9.97 Å². The minimum atomic E-state index is 0.263. The number of hydrogen-bond donors (Lipinski definition) is 1. The minimum Gasteiger partial charge on any atom is -0.304 e. The first-order valence-corrected chi connectivity index (χ1v) is 7.22. The highest BCUT2D eigenvalue weighted by atomic mass is 14.9. The zero-order valence-corrected chi connectivity index (χ0v) is 12.4. The second-order valence-electron chi connectivity index (χ2n) is 5.32. The van der Waals surface area contributed by atoms with Crippen molar-refractivity contribution in [1.29, 1.82) is 0 Å². The molecule has 0 aliphatic rings. The average molecular weight is 277 g/mol. The van der Waals surface area contributed by atoms with Crippen LogP contribution >= 0.6 is 0 Å². The molecule has 0 aliphatic carbocycles. The number of aryl methyl sites for hydroxylation is 1. The summed E-state index contributed by atoms with van der Waals surface area (Å²) < 4.78 is 0. The molecule has 1 N–H and O–H groups in total. The van der Waals surface area contributed by atoms with E-state index >= 15 is 0 Å². The maximum atomic E-state index is 4.38. The van der Waals surface area contributed by atoms with E-state index in [4.69, 9.17) is 0 Å². The molecule has 1 heterocycles. The molecule has 1 atom stereocenters. The van der Waals surface area contributed by atoms with Gasteiger partial charge in [0.25, 0.3) is 0 Å². The van der Waals surface area contributed by atoms with Crippen LogP contribution in [0.2, 0.25) is 0 Å². The summed E-state index contributed by atoms with van der Waals surface area (Å²) in [5.41, 5.74) is 3.22. The third-order valence-electron chi connectivity index (χ3n) is 3.71. The lowest BCUT2D eigenvalue weighted by atomic mass is 10.00. The first kappa shape index (κ1) is 13.7. The minimum absolute atomic E-state index is 0.263. The Morgan fingerprint density at radius 2 is 1.81 bits per heavy atom. The van der Waals surface area contributed by atoms with E-state index < -0.39 is 0 Å². The first-order valence-electron chi connectivity index (χ1n) is 7.22. The van der Waals surface area contributed by atoms with E-state index in [9.17, 15) is 0 Å². The lowest BCUT2D eigenvalue weighted by Crippen LogP contribution is -2.19. The van der Waals surface area contributed by atoms with Gasteiger partial charge in [0.1, 0.15) is 0 Å². The average Bonchev–Trinajstić information content (AvgIpc) is 2.53. The third kappa shape index (κ3) is 3.09. The van der Waals surface area contributed by atoms with Crippen molar-refractivity contribution in [2.24, 2.45) is 0 Å². The summed E-state index contributed by atoms with van der Waals surface area (Å²) in [6, 6.07) is 15.2. The molecule has 0 bridgehead atoms. The summed E-state index contributed by atoms with van der Waals surface area (Å²) in [4.78, 5) is 8.66. The van der Waals surface area contributed by atoms with Crippen LogP contribution in [0.25, 0.3) is 10.8 Å². The molecule has 106 valence electrons. The van der Waals surface area contributed by atoms with Crippen LogP contribution in [0, 0.1) is 6.92 Å². The van der Waals surface area contributed by atoms with Crippen LogP contribution in [0.1, 0.15) is 29.9 Å². The van der Waals surface area contributed by atoms with Gasteiger partial charge in [0.15, 0.2) is 0 Å². The lowest BCUT2D eigenvalue weighted by Gasteiger charge is -2.16. The zero-order chi connectivity index (χ0) is 14.7. The smallest absolute Gasteiger partial charge is 0.0724 e. The van der Waals surface area contributed by atoms with Crippen molar-refractivity contribution in [3.8, 4) is 0 Å². The summed E-state index contributed by atoms with van der Waals surface area (Å²) in [5, 5.41) is 6.10. The highest BCUT2D eigenvalue weighted by molar-refractivity contribution is 5.86. The van der Waals surface area contributed by atoms with E-state index in [-0.39, 0.29) is 6.04 Å². The molecule has 3 rings (SSSR count). The molecule has 0 amide bonds. The molecule has 0 saturated carbocycles. The van der Waals surface area contributed by atoms with Crippen molar-refractivity contribution in [2.75, 3.05) is 0 Å².